The van der Waals surface area contributed by atoms with Crippen LogP contribution in [0.3, 0.4) is 0 Å². The Kier molecular flexibility index (Phi) is 7.41. The van der Waals surface area contributed by atoms with Gasteiger partial charge in [-0.15, -0.1) is 0 Å². The largest absolute Gasteiger partial charge is 0.507 e. The van der Waals surface area contributed by atoms with Crippen LogP contribution in [-0.2, 0) is 9.59 Å². The monoisotopic (exact) mass is 446 g/mol. The van der Waals surface area contributed by atoms with Crippen molar-refractivity contribution in [3.63, 3.8) is 0 Å². The van der Waals surface area contributed by atoms with Crippen molar-refractivity contribution < 1.29 is 23.8 Å². The number of carbonyl (C=O) groups excluding carboxylic acids is 2. The van der Waals surface area contributed by atoms with Gasteiger partial charge in [0, 0.05) is 12.1 Å². The molecular weight excluding hydrogens is 420 g/mol. The zero-order chi connectivity index (χ0) is 22.5. The summed E-state index contributed by atoms with van der Waals surface area (Å²) in [5.41, 5.74) is 0.313. The summed E-state index contributed by atoms with van der Waals surface area (Å²) in [6, 6.07) is 7.28. The lowest BCUT2D eigenvalue weighted by Gasteiger charge is -2.25. The first-order chi connectivity index (χ1) is 14.9. The van der Waals surface area contributed by atoms with Crippen molar-refractivity contribution in [1.29, 1.82) is 0 Å². The molecule has 2 aromatic rings. The van der Waals surface area contributed by atoms with Gasteiger partial charge in [0.2, 0.25) is 0 Å². The number of ether oxygens (including phenoxy) is 1. The number of aliphatic hydroxyl groups is 1. The van der Waals surface area contributed by atoms with Crippen molar-refractivity contribution in [3.05, 3.63) is 58.5 Å². The average molecular weight is 447 g/mol. The normalized spacial score (nSPS) is 18.2. The molecule has 0 aliphatic carbocycles. The molecule has 31 heavy (non-hydrogen) atoms. The molecule has 166 valence electrons. The van der Waals surface area contributed by atoms with E-state index < -0.39 is 17.7 Å². The average Bonchev–Trinajstić information content (AvgIpc) is 3.38. The topological polar surface area (TPSA) is 83.2 Å². The highest BCUT2D eigenvalue weighted by molar-refractivity contribution is 6.46. The van der Waals surface area contributed by atoms with Gasteiger partial charge in [0.05, 0.1) is 24.0 Å². The van der Waals surface area contributed by atoms with Crippen molar-refractivity contribution in [2.75, 3.05) is 33.3 Å². The number of rotatable bonds is 9. The fourth-order valence-electron chi connectivity index (χ4n) is 3.83. The molecule has 1 amide bonds. The minimum Gasteiger partial charge on any atom is -0.507 e. The Morgan fingerprint density at radius 3 is 2.58 bits per heavy atom. The molecular formula is C23H27ClN2O5. The van der Waals surface area contributed by atoms with E-state index >= 15 is 0 Å². The van der Waals surface area contributed by atoms with Gasteiger partial charge in [-0.2, -0.15) is 0 Å². The van der Waals surface area contributed by atoms with Crippen molar-refractivity contribution in [1.82, 2.24) is 9.80 Å². The molecule has 1 saturated heterocycles. The summed E-state index contributed by atoms with van der Waals surface area (Å²) in [5, 5.41) is 11.3. The van der Waals surface area contributed by atoms with Crippen LogP contribution in [0.25, 0.3) is 5.76 Å². The van der Waals surface area contributed by atoms with Crippen LogP contribution >= 0.6 is 11.6 Å². The third-order valence-corrected chi connectivity index (χ3v) is 5.84. The summed E-state index contributed by atoms with van der Waals surface area (Å²) in [4.78, 5) is 29.5. The molecule has 0 spiro atoms. The maximum absolute atomic E-state index is 12.9. The number of furan rings is 1. The first-order valence-electron chi connectivity index (χ1n) is 10.3. The quantitative estimate of drug-likeness (QED) is 0.355. The van der Waals surface area contributed by atoms with Gasteiger partial charge < -0.3 is 24.1 Å². The molecule has 0 saturated carbocycles. The van der Waals surface area contributed by atoms with Gasteiger partial charge in [0.15, 0.2) is 0 Å². The second-order valence-electron chi connectivity index (χ2n) is 7.24. The van der Waals surface area contributed by atoms with Crippen LogP contribution in [0.1, 0.15) is 37.6 Å². The van der Waals surface area contributed by atoms with E-state index in [1.165, 1.54) is 24.3 Å². The molecule has 8 heteroatoms. The lowest BCUT2D eigenvalue weighted by molar-refractivity contribution is -0.140. The van der Waals surface area contributed by atoms with Crippen LogP contribution in [-0.4, -0.2) is 59.9 Å². The number of Topliss-reactive ketones (excluding diaryl/α,β-unsaturated/α-hetero) is 1. The van der Waals surface area contributed by atoms with E-state index in [0.717, 1.165) is 19.6 Å². The lowest BCUT2D eigenvalue weighted by atomic mass is 9.99. The molecule has 1 aliphatic heterocycles. The fraction of sp³-hybridized carbons (Fsp3) is 0.391. The molecule has 7 nitrogen and oxygen atoms in total. The van der Waals surface area contributed by atoms with Gasteiger partial charge in [-0.3, -0.25) is 9.59 Å². The second kappa shape index (κ2) is 10.0. The van der Waals surface area contributed by atoms with Gasteiger partial charge >= 0.3 is 0 Å². The van der Waals surface area contributed by atoms with E-state index in [-0.39, 0.29) is 16.4 Å². The molecule has 1 atom stereocenters. The Labute approximate surface area is 186 Å². The number of carbonyl (C=O) groups is 2. The number of methoxy groups -OCH3 is 1. The molecule has 3 rings (SSSR count). The molecule has 1 N–H and O–H groups in total. The van der Waals surface area contributed by atoms with Crippen LogP contribution in [0, 0.1) is 0 Å². The zero-order valence-electron chi connectivity index (χ0n) is 17.9. The standard InChI is InChI=1S/C23H27ClN2O5/c1-4-25(5-2)11-7-12-26-20(18-8-6-13-31-18)19(22(28)23(26)29)21(27)15-9-10-17(30-3)16(24)14-15/h6,8-10,13-14,20,27H,4-5,7,11-12H2,1-3H3/b21-19+/t20-/m1/s1. The van der Waals surface area contributed by atoms with Crippen molar-refractivity contribution >= 4 is 29.1 Å². The Bertz CT molecular complexity index is 966. The molecule has 0 unspecified atom stereocenters. The molecule has 1 aromatic heterocycles. The molecule has 1 aliphatic rings. The predicted octanol–water partition coefficient (Wildman–Crippen LogP) is 4.10. The van der Waals surface area contributed by atoms with E-state index in [1.807, 2.05) is 0 Å². The number of benzene rings is 1. The summed E-state index contributed by atoms with van der Waals surface area (Å²) in [7, 11) is 1.49. The Balaban J connectivity index is 1.98. The molecule has 0 radical (unpaired) electrons. The summed E-state index contributed by atoms with van der Waals surface area (Å²) in [5.74, 6) is -0.827. The molecule has 0 bridgehead atoms. The van der Waals surface area contributed by atoms with E-state index in [0.29, 0.717) is 30.0 Å². The predicted molar refractivity (Wildman–Crippen MR) is 118 cm³/mol. The highest BCUT2D eigenvalue weighted by Crippen LogP contribution is 2.40. The number of ketones is 1. The fourth-order valence-corrected chi connectivity index (χ4v) is 4.08. The number of amides is 1. The van der Waals surface area contributed by atoms with Gasteiger partial charge in [-0.1, -0.05) is 25.4 Å². The van der Waals surface area contributed by atoms with Crippen LogP contribution in [0.15, 0.2) is 46.6 Å². The van der Waals surface area contributed by atoms with Crippen LogP contribution in [0.4, 0.5) is 0 Å². The number of halogens is 1. The van der Waals surface area contributed by atoms with Crippen molar-refractivity contribution in [3.8, 4) is 5.75 Å². The number of nitrogens with zero attached hydrogens (tertiary/aromatic N) is 2. The summed E-state index contributed by atoms with van der Waals surface area (Å²) < 4.78 is 10.7. The third kappa shape index (κ3) is 4.62. The van der Waals surface area contributed by atoms with Gasteiger partial charge in [-0.05, 0) is 56.4 Å². The SMILES string of the molecule is CCN(CC)CCCN1C(=O)C(=O)/C(=C(/O)c2ccc(OC)c(Cl)c2)[C@H]1c1ccco1. The smallest absolute Gasteiger partial charge is 0.295 e. The van der Waals surface area contributed by atoms with Crippen LogP contribution in [0.2, 0.25) is 5.02 Å². The number of hydrogen-bond donors (Lipinski definition) is 1. The molecule has 1 fully saturated rings. The Morgan fingerprint density at radius 2 is 2.00 bits per heavy atom. The molecule has 2 heterocycles. The van der Waals surface area contributed by atoms with Crippen molar-refractivity contribution in [2.24, 2.45) is 0 Å². The van der Waals surface area contributed by atoms with E-state index in [2.05, 4.69) is 18.7 Å². The minimum absolute atomic E-state index is 0.0102. The first kappa shape index (κ1) is 22.9. The van der Waals surface area contributed by atoms with Gasteiger partial charge in [0.1, 0.15) is 23.3 Å². The van der Waals surface area contributed by atoms with Gasteiger partial charge in [-0.25, -0.2) is 0 Å². The maximum Gasteiger partial charge on any atom is 0.295 e. The maximum atomic E-state index is 12.9. The molecule has 1 aromatic carbocycles. The van der Waals surface area contributed by atoms with E-state index in [4.69, 9.17) is 20.8 Å². The minimum atomic E-state index is -0.799. The van der Waals surface area contributed by atoms with Crippen LogP contribution in [0.5, 0.6) is 5.75 Å². The first-order valence-corrected chi connectivity index (χ1v) is 10.7. The highest BCUT2D eigenvalue weighted by atomic mass is 35.5. The van der Waals surface area contributed by atoms with E-state index in [1.54, 1.807) is 24.3 Å². The van der Waals surface area contributed by atoms with Crippen LogP contribution < -0.4 is 4.74 Å². The number of likely N-dealkylation sites (tertiary alicyclic amines) is 1. The zero-order valence-corrected chi connectivity index (χ0v) is 18.7. The number of hydrogen-bond acceptors (Lipinski definition) is 6. The Hall–Kier alpha value is -2.77. The van der Waals surface area contributed by atoms with E-state index in [9.17, 15) is 14.7 Å². The lowest BCUT2D eigenvalue weighted by Crippen LogP contribution is -2.33. The van der Waals surface area contributed by atoms with Gasteiger partial charge in [0.25, 0.3) is 11.7 Å². The number of aliphatic hydroxyl groups excluding tert-OH is 1. The highest BCUT2D eigenvalue weighted by Gasteiger charge is 2.47. The Morgan fingerprint density at radius 1 is 1.26 bits per heavy atom. The third-order valence-electron chi connectivity index (χ3n) is 5.55. The summed E-state index contributed by atoms with van der Waals surface area (Å²) in [6.45, 7) is 7.16. The summed E-state index contributed by atoms with van der Waals surface area (Å²) in [6.07, 6.45) is 2.18. The second-order valence-corrected chi connectivity index (χ2v) is 7.64. The summed E-state index contributed by atoms with van der Waals surface area (Å²) >= 11 is 6.19. The van der Waals surface area contributed by atoms with Crippen molar-refractivity contribution in [2.45, 2.75) is 26.3 Å².